The summed E-state index contributed by atoms with van der Waals surface area (Å²) in [6.45, 7) is 0. The minimum Gasteiger partial charge on any atom is -0.478 e. The molecule has 0 saturated heterocycles. The highest BCUT2D eigenvalue weighted by molar-refractivity contribution is 5.95. The predicted molar refractivity (Wildman–Crippen MR) is 82.0 cm³/mol. The Balaban J connectivity index is 2.25. The number of rotatable bonds is 3. The third-order valence-electron chi connectivity index (χ3n) is 3.40. The molecule has 1 aromatic heterocycles. The molecule has 3 nitrogen and oxygen atoms in total. The van der Waals surface area contributed by atoms with Crippen LogP contribution in [0.25, 0.3) is 22.5 Å². The van der Waals surface area contributed by atoms with E-state index in [-0.39, 0.29) is 28.1 Å². The van der Waals surface area contributed by atoms with E-state index in [9.17, 15) is 18.7 Å². The van der Waals surface area contributed by atoms with Gasteiger partial charge in [0.1, 0.15) is 11.6 Å². The van der Waals surface area contributed by atoms with Crippen LogP contribution in [0.3, 0.4) is 0 Å². The summed E-state index contributed by atoms with van der Waals surface area (Å²) in [5.74, 6) is -2.30. The van der Waals surface area contributed by atoms with Gasteiger partial charge in [0, 0.05) is 11.1 Å². The Kier molecular flexibility index (Phi) is 3.85. The fourth-order valence-electron chi connectivity index (χ4n) is 2.31. The van der Waals surface area contributed by atoms with Crippen LogP contribution in [0.2, 0.25) is 0 Å². The molecule has 0 aliphatic rings. The van der Waals surface area contributed by atoms with Crippen LogP contribution in [0.5, 0.6) is 0 Å². The van der Waals surface area contributed by atoms with Crippen molar-refractivity contribution in [1.82, 2.24) is 4.98 Å². The summed E-state index contributed by atoms with van der Waals surface area (Å²) in [5.41, 5.74) is 0.350. The van der Waals surface area contributed by atoms with Crippen molar-refractivity contribution >= 4 is 5.97 Å². The van der Waals surface area contributed by atoms with Crippen LogP contribution in [-0.4, -0.2) is 16.1 Å². The average molecular weight is 311 g/mol. The number of carbonyl (C=O) groups is 1. The molecule has 0 bridgehead atoms. The lowest BCUT2D eigenvalue weighted by Crippen LogP contribution is -2.04. The lowest BCUT2D eigenvalue weighted by Gasteiger charge is -2.10. The summed E-state index contributed by atoms with van der Waals surface area (Å²) in [7, 11) is 0. The first kappa shape index (κ1) is 14.8. The third kappa shape index (κ3) is 2.81. The van der Waals surface area contributed by atoms with Gasteiger partial charge in [0.15, 0.2) is 0 Å². The zero-order chi connectivity index (χ0) is 16.4. The van der Waals surface area contributed by atoms with Crippen LogP contribution in [0.1, 0.15) is 10.4 Å². The summed E-state index contributed by atoms with van der Waals surface area (Å²) >= 11 is 0. The van der Waals surface area contributed by atoms with Gasteiger partial charge < -0.3 is 5.11 Å². The van der Waals surface area contributed by atoms with Gasteiger partial charge in [-0.25, -0.2) is 18.6 Å². The topological polar surface area (TPSA) is 50.2 Å². The van der Waals surface area contributed by atoms with Crippen molar-refractivity contribution in [3.05, 3.63) is 77.9 Å². The molecule has 3 rings (SSSR count). The molecule has 2 aromatic carbocycles. The van der Waals surface area contributed by atoms with Crippen molar-refractivity contribution < 1.29 is 18.7 Å². The van der Waals surface area contributed by atoms with Gasteiger partial charge in [-0.1, -0.05) is 24.3 Å². The standard InChI is InChI=1S/C18H11F2NO2/c19-14-7-3-1-5-11(14)16-10-9-13(18(22)23)17(21-16)12-6-2-4-8-15(12)20/h1-10H,(H,22,23). The van der Waals surface area contributed by atoms with E-state index in [0.29, 0.717) is 0 Å². The summed E-state index contributed by atoms with van der Waals surface area (Å²) in [4.78, 5) is 15.6. The number of pyridine rings is 1. The van der Waals surface area contributed by atoms with Gasteiger partial charge in [-0.05, 0) is 36.4 Å². The van der Waals surface area contributed by atoms with Gasteiger partial charge in [-0.3, -0.25) is 0 Å². The molecule has 0 aliphatic carbocycles. The molecule has 114 valence electrons. The fourth-order valence-corrected chi connectivity index (χ4v) is 2.31. The van der Waals surface area contributed by atoms with Crippen molar-refractivity contribution in [3.8, 4) is 22.5 Å². The Bertz CT molecular complexity index is 894. The maximum Gasteiger partial charge on any atom is 0.337 e. The second kappa shape index (κ2) is 5.96. The van der Waals surface area contributed by atoms with Crippen molar-refractivity contribution in [2.75, 3.05) is 0 Å². The van der Waals surface area contributed by atoms with Crippen molar-refractivity contribution in [2.45, 2.75) is 0 Å². The molecule has 0 aliphatic heterocycles. The normalized spacial score (nSPS) is 10.5. The number of carboxylic acid groups (broad SMARTS) is 1. The molecule has 1 heterocycles. The van der Waals surface area contributed by atoms with Crippen molar-refractivity contribution in [1.29, 1.82) is 0 Å². The second-order valence-electron chi connectivity index (χ2n) is 4.86. The molecule has 3 aromatic rings. The van der Waals surface area contributed by atoms with Crippen LogP contribution < -0.4 is 0 Å². The molecule has 1 N–H and O–H groups in total. The lowest BCUT2D eigenvalue weighted by molar-refractivity contribution is 0.0697. The minimum absolute atomic E-state index is 0.0312. The first-order chi connectivity index (χ1) is 11.1. The van der Waals surface area contributed by atoms with Gasteiger partial charge in [-0.15, -0.1) is 0 Å². The molecule has 0 spiro atoms. The minimum atomic E-state index is -1.23. The van der Waals surface area contributed by atoms with Crippen LogP contribution >= 0.6 is 0 Å². The number of hydrogen-bond donors (Lipinski definition) is 1. The molecular formula is C18H11F2NO2. The molecule has 0 fully saturated rings. The number of halogens is 2. The van der Waals surface area contributed by atoms with Crippen LogP contribution in [-0.2, 0) is 0 Å². The maximum atomic E-state index is 14.0. The van der Waals surface area contributed by atoms with Gasteiger partial charge in [0.2, 0.25) is 0 Å². The molecular weight excluding hydrogens is 300 g/mol. The first-order valence-corrected chi connectivity index (χ1v) is 6.82. The monoisotopic (exact) mass is 311 g/mol. The summed E-state index contributed by atoms with van der Waals surface area (Å²) < 4.78 is 27.9. The van der Waals surface area contributed by atoms with Gasteiger partial charge in [0.25, 0.3) is 0 Å². The third-order valence-corrected chi connectivity index (χ3v) is 3.40. The number of benzene rings is 2. The largest absolute Gasteiger partial charge is 0.478 e. The predicted octanol–water partition coefficient (Wildman–Crippen LogP) is 4.39. The van der Waals surface area contributed by atoms with E-state index < -0.39 is 17.6 Å². The molecule has 0 unspecified atom stereocenters. The van der Waals surface area contributed by atoms with Crippen LogP contribution in [0, 0.1) is 11.6 Å². The number of hydrogen-bond acceptors (Lipinski definition) is 2. The van der Waals surface area contributed by atoms with Crippen molar-refractivity contribution in [3.63, 3.8) is 0 Å². The Labute approximate surface area is 130 Å². The number of aromatic carboxylic acids is 1. The molecule has 23 heavy (non-hydrogen) atoms. The summed E-state index contributed by atoms with van der Waals surface area (Å²) in [6, 6.07) is 14.5. The highest BCUT2D eigenvalue weighted by Crippen LogP contribution is 2.29. The molecule has 0 radical (unpaired) electrons. The molecule has 0 amide bonds. The maximum absolute atomic E-state index is 14.0. The van der Waals surface area contributed by atoms with Crippen LogP contribution in [0.4, 0.5) is 8.78 Å². The number of carboxylic acids is 1. The molecule has 0 saturated carbocycles. The summed E-state index contributed by atoms with van der Waals surface area (Å²) in [5, 5.41) is 9.30. The van der Waals surface area contributed by atoms with E-state index in [1.165, 1.54) is 42.5 Å². The average Bonchev–Trinajstić information content (AvgIpc) is 2.55. The Hall–Kier alpha value is -3.08. The Morgan fingerprint density at radius 2 is 1.39 bits per heavy atom. The first-order valence-electron chi connectivity index (χ1n) is 6.82. The van der Waals surface area contributed by atoms with Crippen molar-refractivity contribution in [2.24, 2.45) is 0 Å². The van der Waals surface area contributed by atoms with E-state index in [0.717, 1.165) is 0 Å². The Morgan fingerprint density at radius 3 is 1.96 bits per heavy atom. The van der Waals surface area contributed by atoms with Gasteiger partial charge >= 0.3 is 5.97 Å². The van der Waals surface area contributed by atoms with Crippen LogP contribution in [0.15, 0.2) is 60.7 Å². The number of nitrogens with zero attached hydrogens (tertiary/aromatic N) is 1. The zero-order valence-corrected chi connectivity index (χ0v) is 11.8. The molecule has 0 atom stereocenters. The zero-order valence-electron chi connectivity index (χ0n) is 11.8. The molecule has 5 heteroatoms. The highest BCUT2D eigenvalue weighted by atomic mass is 19.1. The lowest BCUT2D eigenvalue weighted by atomic mass is 10.0. The van der Waals surface area contributed by atoms with Gasteiger partial charge in [0.05, 0.1) is 17.0 Å². The van der Waals surface area contributed by atoms with Gasteiger partial charge in [-0.2, -0.15) is 0 Å². The Morgan fingerprint density at radius 1 is 0.826 bits per heavy atom. The quantitative estimate of drug-likeness (QED) is 0.780. The SMILES string of the molecule is O=C(O)c1ccc(-c2ccccc2F)nc1-c1ccccc1F. The van der Waals surface area contributed by atoms with E-state index in [4.69, 9.17) is 0 Å². The van der Waals surface area contributed by atoms with E-state index in [2.05, 4.69) is 4.98 Å². The highest BCUT2D eigenvalue weighted by Gasteiger charge is 2.18. The van der Waals surface area contributed by atoms with E-state index in [1.807, 2.05) is 0 Å². The summed E-state index contributed by atoms with van der Waals surface area (Å²) in [6.07, 6.45) is 0. The fraction of sp³-hybridized carbons (Fsp3) is 0. The van der Waals surface area contributed by atoms with E-state index >= 15 is 0 Å². The second-order valence-corrected chi connectivity index (χ2v) is 4.86. The number of aromatic nitrogens is 1. The van der Waals surface area contributed by atoms with E-state index in [1.54, 1.807) is 18.2 Å². The smallest absolute Gasteiger partial charge is 0.337 e.